The summed E-state index contributed by atoms with van der Waals surface area (Å²) in [7, 11) is 1.68. The fourth-order valence-electron chi connectivity index (χ4n) is 6.03. The van der Waals surface area contributed by atoms with E-state index in [2.05, 4.69) is 20.9 Å². The third-order valence-corrected chi connectivity index (χ3v) is 9.45. The summed E-state index contributed by atoms with van der Waals surface area (Å²) >= 11 is 13.2. The molecule has 3 amide bonds. The van der Waals surface area contributed by atoms with E-state index in [0.717, 1.165) is 12.8 Å². The van der Waals surface area contributed by atoms with Gasteiger partial charge < -0.3 is 30.2 Å². The predicted octanol–water partition coefficient (Wildman–Crippen LogP) is 7.52. The van der Waals surface area contributed by atoms with Crippen LogP contribution in [0.1, 0.15) is 61.4 Å². The monoisotopic (exact) mass is 686 g/mol. The summed E-state index contributed by atoms with van der Waals surface area (Å²) in [6.07, 6.45) is -1.94. The number of likely N-dealkylation sites (tertiary alicyclic amines) is 1. The maximum Gasteiger partial charge on any atom is 0.317 e. The van der Waals surface area contributed by atoms with Crippen LogP contribution in [0.2, 0.25) is 10.0 Å². The van der Waals surface area contributed by atoms with Crippen LogP contribution in [0.4, 0.5) is 34.0 Å². The molecule has 2 aliphatic rings. The first kappa shape index (κ1) is 33.9. The van der Waals surface area contributed by atoms with Gasteiger partial charge in [0.15, 0.2) is 0 Å². The topological polar surface area (TPSA) is 101 Å². The third-order valence-electron chi connectivity index (χ3n) is 8.71. The van der Waals surface area contributed by atoms with Gasteiger partial charge in [-0.1, -0.05) is 29.3 Å². The van der Waals surface area contributed by atoms with Crippen molar-refractivity contribution in [3.63, 3.8) is 0 Å². The van der Waals surface area contributed by atoms with Gasteiger partial charge in [-0.05, 0) is 63.1 Å². The molecule has 1 aliphatic heterocycles. The van der Waals surface area contributed by atoms with Crippen molar-refractivity contribution in [3.05, 3.63) is 45.4 Å². The van der Waals surface area contributed by atoms with E-state index in [1.54, 1.807) is 28.6 Å². The van der Waals surface area contributed by atoms with Gasteiger partial charge in [0.05, 0.1) is 32.3 Å². The van der Waals surface area contributed by atoms with Crippen molar-refractivity contribution < 1.29 is 31.9 Å². The van der Waals surface area contributed by atoms with E-state index in [0.29, 0.717) is 46.7 Å². The molecule has 0 spiro atoms. The number of aromatic nitrogens is 2. The Balaban J connectivity index is 1.37. The van der Waals surface area contributed by atoms with Crippen LogP contribution in [0.25, 0.3) is 11.0 Å². The molecule has 46 heavy (non-hydrogen) atoms. The number of nitrogens with one attached hydrogen (secondary N) is 3. The second-order valence-corrected chi connectivity index (χ2v) is 12.6. The van der Waals surface area contributed by atoms with Crippen LogP contribution < -0.4 is 20.7 Å². The largest absolute Gasteiger partial charge is 0.487 e. The van der Waals surface area contributed by atoms with E-state index >= 15 is 0 Å². The first-order chi connectivity index (χ1) is 21.9. The minimum absolute atomic E-state index is 0.00472. The SMILES string of the molecule is CC1CCCN1C(=O)NCc1ccc(Cl)c(Nc2nc3cc(C(=O)NC4CCC(C(F)F)CC4)c(OCC(F)F)cc3n2C)c1Cl. The van der Waals surface area contributed by atoms with Crippen LogP contribution in [-0.4, -0.2) is 64.5 Å². The highest BCUT2D eigenvalue weighted by molar-refractivity contribution is 6.39. The van der Waals surface area contributed by atoms with Gasteiger partial charge in [0.2, 0.25) is 12.4 Å². The highest BCUT2D eigenvalue weighted by Crippen LogP contribution is 2.37. The Morgan fingerprint density at radius 2 is 1.83 bits per heavy atom. The van der Waals surface area contributed by atoms with Crippen LogP contribution in [0.3, 0.4) is 0 Å². The molecule has 0 bridgehead atoms. The summed E-state index contributed by atoms with van der Waals surface area (Å²) < 4.78 is 59.3. The van der Waals surface area contributed by atoms with E-state index < -0.39 is 31.3 Å². The molecule has 2 fully saturated rings. The molecule has 5 rings (SSSR count). The molecular weight excluding hydrogens is 651 g/mol. The van der Waals surface area contributed by atoms with Gasteiger partial charge in [0.25, 0.3) is 12.3 Å². The molecule has 2 aromatic carbocycles. The summed E-state index contributed by atoms with van der Waals surface area (Å²) in [5, 5.41) is 9.44. The average Bonchev–Trinajstić information content (AvgIpc) is 3.59. The molecule has 2 heterocycles. The van der Waals surface area contributed by atoms with Gasteiger partial charge in [0.1, 0.15) is 12.4 Å². The van der Waals surface area contributed by atoms with Gasteiger partial charge in [-0.3, -0.25) is 4.79 Å². The maximum absolute atomic E-state index is 13.3. The Morgan fingerprint density at radius 3 is 2.48 bits per heavy atom. The number of fused-ring (bicyclic) bond motifs is 1. The van der Waals surface area contributed by atoms with E-state index in [4.69, 9.17) is 27.9 Å². The van der Waals surface area contributed by atoms with Crippen molar-refractivity contribution in [2.24, 2.45) is 13.0 Å². The number of carbonyl (C=O) groups is 2. The maximum atomic E-state index is 13.3. The van der Waals surface area contributed by atoms with Crippen LogP contribution in [0.5, 0.6) is 5.75 Å². The number of nitrogens with zero attached hydrogens (tertiary/aromatic N) is 3. The molecule has 3 aromatic rings. The van der Waals surface area contributed by atoms with E-state index in [9.17, 15) is 27.2 Å². The molecule has 1 saturated heterocycles. The van der Waals surface area contributed by atoms with Crippen molar-refractivity contribution in [1.82, 2.24) is 25.1 Å². The van der Waals surface area contributed by atoms with Crippen molar-refractivity contribution in [2.75, 3.05) is 18.5 Å². The Bertz CT molecular complexity index is 1580. The Morgan fingerprint density at radius 1 is 1.09 bits per heavy atom. The average molecular weight is 688 g/mol. The number of rotatable bonds is 10. The summed E-state index contributed by atoms with van der Waals surface area (Å²) in [5.74, 6) is -1.05. The minimum Gasteiger partial charge on any atom is -0.487 e. The van der Waals surface area contributed by atoms with E-state index in [1.165, 1.54) is 12.1 Å². The number of hydrogen-bond acceptors (Lipinski definition) is 5. The number of amides is 3. The standard InChI is InChI=1S/C31H36Cl2F4N6O3/c1-16-4-3-11-43(16)31(45)38-14-18-7-10-21(32)27(26(18)33)41-30-40-22-12-20(24(46-15-25(34)35)13-23(22)42(30)2)29(44)39-19-8-5-17(6-9-19)28(36)37/h7,10,12-13,16-17,19,25,28H,3-6,8-9,11,14-15H2,1-2H3,(H,38,45)(H,39,44)(H,40,41). The minimum atomic E-state index is -2.78. The number of carbonyl (C=O) groups excluding carboxylic acids is 2. The summed E-state index contributed by atoms with van der Waals surface area (Å²) in [4.78, 5) is 32.4. The molecule has 1 atom stereocenters. The van der Waals surface area contributed by atoms with Gasteiger partial charge >= 0.3 is 6.03 Å². The number of ether oxygens (including phenoxy) is 1. The lowest BCUT2D eigenvalue weighted by atomic mass is 9.86. The summed E-state index contributed by atoms with van der Waals surface area (Å²) in [6.45, 7) is 1.94. The zero-order valence-corrected chi connectivity index (χ0v) is 26.9. The number of halogens is 6. The van der Waals surface area contributed by atoms with Crippen LogP contribution in [0.15, 0.2) is 24.3 Å². The Kier molecular flexibility index (Phi) is 10.7. The number of aryl methyl sites for hydroxylation is 1. The lowest BCUT2D eigenvalue weighted by molar-refractivity contribution is 0.0498. The highest BCUT2D eigenvalue weighted by atomic mass is 35.5. The van der Waals surface area contributed by atoms with Crippen molar-refractivity contribution >= 4 is 57.8 Å². The molecule has 9 nitrogen and oxygen atoms in total. The van der Waals surface area contributed by atoms with Crippen LogP contribution in [0, 0.1) is 5.92 Å². The number of hydrogen-bond donors (Lipinski definition) is 3. The molecule has 3 N–H and O–H groups in total. The molecule has 1 aliphatic carbocycles. The molecule has 1 saturated carbocycles. The Labute approximate surface area is 273 Å². The first-order valence-electron chi connectivity index (χ1n) is 15.2. The summed E-state index contributed by atoms with van der Waals surface area (Å²) in [6, 6.07) is 5.91. The quantitative estimate of drug-likeness (QED) is 0.192. The van der Waals surface area contributed by atoms with Crippen LogP contribution >= 0.6 is 23.2 Å². The van der Waals surface area contributed by atoms with Gasteiger partial charge in [-0.2, -0.15) is 0 Å². The van der Waals surface area contributed by atoms with Crippen molar-refractivity contribution in [2.45, 2.75) is 76.9 Å². The fourth-order valence-corrected chi connectivity index (χ4v) is 6.56. The van der Waals surface area contributed by atoms with Gasteiger partial charge in [0, 0.05) is 44.2 Å². The lowest BCUT2D eigenvalue weighted by Gasteiger charge is -2.28. The molecular formula is C31H36Cl2F4N6O3. The van der Waals surface area contributed by atoms with E-state index in [1.807, 2.05) is 6.92 Å². The number of alkyl halides is 4. The number of urea groups is 1. The second kappa shape index (κ2) is 14.5. The first-order valence-corrected chi connectivity index (χ1v) is 16.0. The zero-order valence-electron chi connectivity index (χ0n) is 25.4. The number of benzene rings is 2. The van der Waals surface area contributed by atoms with E-state index in [-0.39, 0.29) is 59.8 Å². The lowest BCUT2D eigenvalue weighted by Crippen LogP contribution is -2.41. The van der Waals surface area contributed by atoms with Crippen molar-refractivity contribution in [1.29, 1.82) is 0 Å². The fraction of sp³-hybridized carbons (Fsp3) is 0.516. The molecule has 1 aromatic heterocycles. The molecule has 1 unspecified atom stereocenters. The van der Waals surface area contributed by atoms with Crippen LogP contribution in [-0.2, 0) is 13.6 Å². The molecule has 15 heteroatoms. The number of anilines is 2. The molecule has 0 radical (unpaired) electrons. The Hall–Kier alpha value is -3.45. The second-order valence-electron chi connectivity index (χ2n) is 11.8. The van der Waals surface area contributed by atoms with Gasteiger partial charge in [-0.25, -0.2) is 27.3 Å². The normalized spacial score (nSPS) is 20.0. The summed E-state index contributed by atoms with van der Waals surface area (Å²) in [5.41, 5.74) is 1.79. The van der Waals surface area contributed by atoms with Gasteiger partial charge in [-0.15, -0.1) is 0 Å². The zero-order chi connectivity index (χ0) is 33.1. The molecule has 250 valence electrons. The number of imidazole rings is 1. The smallest absolute Gasteiger partial charge is 0.317 e. The van der Waals surface area contributed by atoms with Crippen molar-refractivity contribution in [3.8, 4) is 5.75 Å². The predicted molar refractivity (Wildman–Crippen MR) is 169 cm³/mol. The highest BCUT2D eigenvalue weighted by Gasteiger charge is 2.30. The third kappa shape index (κ3) is 7.57.